The Labute approximate surface area is 202 Å². The summed E-state index contributed by atoms with van der Waals surface area (Å²) >= 11 is 7.27. The molecule has 0 atom stereocenters. The number of nitrogens with one attached hydrogen (secondary N) is 1. The van der Waals surface area contributed by atoms with Gasteiger partial charge in [0, 0.05) is 16.5 Å². The van der Waals surface area contributed by atoms with Gasteiger partial charge in [-0.2, -0.15) is 9.80 Å². The lowest BCUT2D eigenvalue weighted by molar-refractivity contribution is 0.843. The molecule has 0 fully saturated rings. The van der Waals surface area contributed by atoms with E-state index in [1.54, 1.807) is 6.07 Å². The van der Waals surface area contributed by atoms with Gasteiger partial charge >= 0.3 is 5.56 Å². The highest BCUT2D eigenvalue weighted by Crippen LogP contribution is 2.32. The fraction of sp³-hybridized carbons (Fsp3) is 0. The number of thiazole rings is 1. The van der Waals surface area contributed by atoms with Gasteiger partial charge in [-0.3, -0.25) is 9.89 Å². The number of hydrogen-bond donors (Lipinski definition) is 1. The van der Waals surface area contributed by atoms with Crippen LogP contribution in [0.5, 0.6) is 0 Å². The Hall–Kier alpha value is -4.21. The molecule has 0 saturated carbocycles. The second kappa shape index (κ2) is 9.34. The third-order valence-corrected chi connectivity index (χ3v) is 6.12. The van der Waals surface area contributed by atoms with Crippen LogP contribution in [0.3, 0.4) is 0 Å². The lowest BCUT2D eigenvalue weighted by atomic mass is 10.1. The Morgan fingerprint density at radius 3 is 2.32 bits per heavy atom. The molecule has 0 aliphatic heterocycles. The first-order valence-electron chi connectivity index (χ1n) is 10.1. The van der Waals surface area contributed by atoms with Gasteiger partial charge in [0.1, 0.15) is 5.69 Å². The molecule has 2 aromatic heterocycles. The number of aromatic amines is 1. The van der Waals surface area contributed by atoms with Gasteiger partial charge in [-0.25, -0.2) is 4.98 Å². The summed E-state index contributed by atoms with van der Waals surface area (Å²) in [5, 5.41) is 16.9. The quantitative estimate of drug-likeness (QED) is 0.199. The lowest BCUT2D eigenvalue weighted by Gasteiger charge is -1.99. The number of rotatable bonds is 6. The Bertz CT molecular complexity index is 1560. The molecule has 1 N–H and O–H groups in total. The molecule has 8 nitrogen and oxygen atoms in total. The second-order valence-electron chi connectivity index (χ2n) is 7.15. The molecule has 5 rings (SSSR count). The molecule has 0 bridgehead atoms. The van der Waals surface area contributed by atoms with Crippen molar-refractivity contribution in [1.82, 2.24) is 14.8 Å². The fourth-order valence-electron chi connectivity index (χ4n) is 3.31. The highest BCUT2D eigenvalue weighted by Gasteiger charge is 2.19. The van der Waals surface area contributed by atoms with Crippen LogP contribution < -0.4 is 5.56 Å². The van der Waals surface area contributed by atoms with Gasteiger partial charge in [0.2, 0.25) is 5.13 Å². The van der Waals surface area contributed by atoms with Crippen molar-refractivity contribution in [2.45, 2.75) is 0 Å². The van der Waals surface area contributed by atoms with E-state index in [9.17, 15) is 9.70 Å². The molecule has 0 aliphatic rings. The molecule has 0 saturated heterocycles. The predicted octanol–water partition coefficient (Wildman–Crippen LogP) is 7.42. The van der Waals surface area contributed by atoms with Gasteiger partial charge in [0.25, 0.3) is 0 Å². The van der Waals surface area contributed by atoms with Gasteiger partial charge < -0.3 is 0 Å². The van der Waals surface area contributed by atoms with Crippen LogP contribution in [0.25, 0.3) is 27.6 Å². The topological polar surface area (TPSA) is 105 Å². The van der Waals surface area contributed by atoms with E-state index in [0.29, 0.717) is 16.5 Å². The van der Waals surface area contributed by atoms with Crippen LogP contribution in [-0.4, -0.2) is 14.8 Å². The maximum absolute atomic E-state index is 13.4. The molecule has 3 aromatic carbocycles. The summed E-state index contributed by atoms with van der Waals surface area (Å²) in [5.74, 6) is 0. The Balaban J connectivity index is 1.60. The van der Waals surface area contributed by atoms with E-state index in [-0.39, 0.29) is 16.4 Å². The molecular weight excluding hydrogens is 472 g/mol. The van der Waals surface area contributed by atoms with Gasteiger partial charge in [0.15, 0.2) is 5.69 Å². The zero-order valence-corrected chi connectivity index (χ0v) is 19.0. The van der Waals surface area contributed by atoms with E-state index in [1.807, 2.05) is 66.0 Å². The minimum absolute atomic E-state index is 0.0455. The van der Waals surface area contributed by atoms with Gasteiger partial charge in [0.05, 0.1) is 22.1 Å². The number of benzene rings is 3. The summed E-state index contributed by atoms with van der Waals surface area (Å²) in [6.07, 6.45) is 0. The molecule has 2 heterocycles. The Morgan fingerprint density at radius 1 is 0.912 bits per heavy atom. The second-order valence-corrected chi connectivity index (χ2v) is 8.39. The largest absolute Gasteiger partial charge is 0.301 e. The molecule has 5 aromatic rings. The van der Waals surface area contributed by atoms with Crippen molar-refractivity contribution in [3.05, 3.63) is 105 Å². The maximum Gasteiger partial charge on any atom is 0.301 e. The smallest absolute Gasteiger partial charge is 0.286 e. The van der Waals surface area contributed by atoms with E-state index in [2.05, 4.69) is 25.5 Å². The third-order valence-electron chi connectivity index (χ3n) is 4.97. The zero-order chi connectivity index (χ0) is 23.5. The standard InChI is InChI=1S/C24H15ClN6O2S/c25-18-12-11-17(13-19(18)30-33)27-28-22-21(16-9-5-2-6-10-16)29-31(23(22)32)24-26-20(14-34-24)15-7-3-1-4-8-15/h1-14,29H. The summed E-state index contributed by atoms with van der Waals surface area (Å²) in [6.45, 7) is 0. The van der Waals surface area contributed by atoms with E-state index >= 15 is 0 Å². The van der Waals surface area contributed by atoms with E-state index < -0.39 is 5.56 Å². The van der Waals surface area contributed by atoms with Crippen molar-refractivity contribution in [3.8, 4) is 27.6 Å². The molecule has 0 spiro atoms. The lowest BCUT2D eigenvalue weighted by Crippen LogP contribution is -2.13. The van der Waals surface area contributed by atoms with Crippen molar-refractivity contribution in [2.24, 2.45) is 15.4 Å². The predicted molar refractivity (Wildman–Crippen MR) is 134 cm³/mol. The Kier molecular flexibility index (Phi) is 5.94. The molecule has 34 heavy (non-hydrogen) atoms. The number of aromatic nitrogens is 3. The first-order chi connectivity index (χ1) is 16.6. The van der Waals surface area contributed by atoms with Crippen molar-refractivity contribution >= 4 is 40.0 Å². The van der Waals surface area contributed by atoms with Gasteiger partial charge in [-0.15, -0.1) is 21.4 Å². The van der Waals surface area contributed by atoms with Gasteiger partial charge in [-0.05, 0) is 23.4 Å². The normalized spacial score (nSPS) is 11.2. The third kappa shape index (κ3) is 4.21. The van der Waals surface area contributed by atoms with Crippen LogP contribution >= 0.6 is 22.9 Å². The minimum atomic E-state index is -0.403. The zero-order valence-electron chi connectivity index (χ0n) is 17.4. The molecule has 0 amide bonds. The van der Waals surface area contributed by atoms with E-state index in [0.717, 1.165) is 16.8 Å². The first kappa shape index (κ1) is 21.6. The summed E-state index contributed by atoms with van der Waals surface area (Å²) in [7, 11) is 0. The van der Waals surface area contributed by atoms with Crippen molar-refractivity contribution in [2.75, 3.05) is 0 Å². The molecule has 10 heteroatoms. The number of nitrogens with zero attached hydrogens (tertiary/aromatic N) is 5. The average molecular weight is 487 g/mol. The summed E-state index contributed by atoms with van der Waals surface area (Å²) in [5.41, 5.74) is 3.07. The molecular formula is C24H15ClN6O2S. The average Bonchev–Trinajstić information content (AvgIpc) is 3.49. The molecule has 0 unspecified atom stereocenters. The van der Waals surface area contributed by atoms with Crippen LogP contribution in [0.4, 0.5) is 17.1 Å². The molecule has 0 aliphatic carbocycles. The van der Waals surface area contributed by atoms with Gasteiger partial charge in [-0.1, -0.05) is 72.3 Å². The molecule has 166 valence electrons. The minimum Gasteiger partial charge on any atom is -0.286 e. The van der Waals surface area contributed by atoms with Crippen LogP contribution in [0.1, 0.15) is 0 Å². The first-order valence-corrected chi connectivity index (χ1v) is 11.4. The number of nitroso groups, excluding NO2 is 1. The summed E-state index contributed by atoms with van der Waals surface area (Å²) in [4.78, 5) is 28.9. The van der Waals surface area contributed by atoms with Crippen LogP contribution in [-0.2, 0) is 0 Å². The highest BCUT2D eigenvalue weighted by molar-refractivity contribution is 7.12. The number of H-pyrrole nitrogens is 1. The number of hydrogen-bond acceptors (Lipinski definition) is 7. The van der Waals surface area contributed by atoms with E-state index in [4.69, 9.17) is 11.6 Å². The van der Waals surface area contributed by atoms with Crippen LogP contribution in [0.15, 0.2) is 104 Å². The maximum atomic E-state index is 13.4. The number of azo groups is 1. The van der Waals surface area contributed by atoms with Crippen molar-refractivity contribution in [1.29, 1.82) is 0 Å². The summed E-state index contributed by atoms with van der Waals surface area (Å²) in [6, 6.07) is 23.5. The van der Waals surface area contributed by atoms with Crippen LogP contribution in [0.2, 0.25) is 5.02 Å². The van der Waals surface area contributed by atoms with Crippen LogP contribution in [0, 0.1) is 4.91 Å². The van der Waals surface area contributed by atoms with E-state index in [1.165, 1.54) is 28.2 Å². The monoisotopic (exact) mass is 486 g/mol. The number of halogens is 1. The highest BCUT2D eigenvalue weighted by atomic mass is 35.5. The molecule has 0 radical (unpaired) electrons. The SMILES string of the molecule is O=Nc1cc(N=Nc2c(-c3ccccc3)[nH]n(-c3nc(-c4ccccc4)cs3)c2=O)ccc1Cl. The van der Waals surface area contributed by atoms with Crippen molar-refractivity contribution < 1.29 is 0 Å². The van der Waals surface area contributed by atoms with Crippen molar-refractivity contribution in [3.63, 3.8) is 0 Å². The fourth-order valence-corrected chi connectivity index (χ4v) is 4.25. The Morgan fingerprint density at radius 2 is 1.62 bits per heavy atom. The summed E-state index contributed by atoms with van der Waals surface area (Å²) < 4.78 is 1.36.